The number of rotatable bonds is 4. The molecule has 0 bridgehead atoms. The van der Waals surface area contributed by atoms with E-state index in [0.29, 0.717) is 6.42 Å². The van der Waals surface area contributed by atoms with Crippen molar-refractivity contribution < 1.29 is 5.11 Å². The lowest BCUT2D eigenvalue weighted by Crippen LogP contribution is -2.00. The van der Waals surface area contributed by atoms with Crippen LogP contribution in [0.1, 0.15) is 23.7 Å². The fourth-order valence-corrected chi connectivity index (χ4v) is 3.14. The molecule has 0 aliphatic rings. The third-order valence-electron chi connectivity index (χ3n) is 2.79. The molecule has 1 aromatic heterocycles. The topological polar surface area (TPSA) is 38.0 Å². The molecule has 1 aromatic carbocycles. The highest BCUT2D eigenvalue weighted by Gasteiger charge is 2.12. The van der Waals surface area contributed by atoms with Crippen molar-refractivity contribution in [3.63, 3.8) is 0 Å². The van der Waals surface area contributed by atoms with Gasteiger partial charge in [-0.05, 0) is 36.1 Å². The Kier molecular flexibility index (Phi) is 4.59. The summed E-state index contributed by atoms with van der Waals surface area (Å²) in [7, 11) is 1.89. The van der Waals surface area contributed by atoms with Gasteiger partial charge >= 0.3 is 0 Å². The van der Waals surface area contributed by atoms with Crippen molar-refractivity contribution in [2.24, 2.45) is 7.05 Å². The summed E-state index contributed by atoms with van der Waals surface area (Å²) in [5.74, 6) is 0. The number of halogens is 2. The third-order valence-corrected chi connectivity index (χ3v) is 3.97. The quantitative estimate of drug-likeness (QED) is 0.888. The van der Waals surface area contributed by atoms with Gasteiger partial charge in [-0.2, -0.15) is 5.10 Å². The molecule has 1 N–H and O–H groups in total. The highest BCUT2D eigenvalue weighted by atomic mass is 79.9. The van der Waals surface area contributed by atoms with Crippen LogP contribution in [-0.2, 0) is 13.5 Å². The van der Waals surface area contributed by atoms with E-state index in [1.54, 1.807) is 4.68 Å². The summed E-state index contributed by atoms with van der Waals surface area (Å²) < 4.78 is 3.70. The number of benzene rings is 1. The summed E-state index contributed by atoms with van der Waals surface area (Å²) in [6, 6.07) is 5.82. The molecule has 3 nitrogen and oxygen atoms in total. The van der Waals surface area contributed by atoms with Gasteiger partial charge in [0.05, 0.1) is 12.3 Å². The molecule has 0 spiro atoms. The molecule has 2 aromatic rings. The molecular weight excluding hydrogens is 360 g/mol. The van der Waals surface area contributed by atoms with Crippen molar-refractivity contribution in [2.45, 2.75) is 18.9 Å². The van der Waals surface area contributed by atoms with Crippen LogP contribution >= 0.6 is 31.9 Å². The predicted octanol–water partition coefficient (Wildman–Crippen LogP) is 3.61. The number of nitrogens with zero attached hydrogens (tertiary/aromatic N) is 2. The second-order valence-electron chi connectivity index (χ2n) is 4.24. The first-order valence-electron chi connectivity index (χ1n) is 5.67. The summed E-state index contributed by atoms with van der Waals surface area (Å²) in [4.78, 5) is 0. The van der Waals surface area contributed by atoms with E-state index in [1.807, 2.05) is 37.6 Å². The van der Waals surface area contributed by atoms with Crippen LogP contribution in [0.5, 0.6) is 0 Å². The number of aliphatic hydroxyl groups excluding tert-OH is 1. The Labute approximate surface area is 123 Å². The van der Waals surface area contributed by atoms with Gasteiger partial charge in [0.2, 0.25) is 0 Å². The number of aliphatic hydroxyl groups is 1. The molecule has 0 fully saturated rings. The fraction of sp³-hybridized carbons (Fsp3) is 0.308. The lowest BCUT2D eigenvalue weighted by Gasteiger charge is -2.12. The van der Waals surface area contributed by atoms with Crippen LogP contribution < -0.4 is 0 Å². The molecule has 1 atom stereocenters. The Hall–Kier alpha value is -0.650. The Balaban J connectivity index is 2.01. The van der Waals surface area contributed by atoms with E-state index >= 15 is 0 Å². The van der Waals surface area contributed by atoms with Crippen molar-refractivity contribution in [2.75, 3.05) is 0 Å². The molecule has 0 amide bonds. The van der Waals surface area contributed by atoms with E-state index in [0.717, 1.165) is 26.5 Å². The largest absolute Gasteiger partial charge is 0.388 e. The maximum Gasteiger partial charge on any atom is 0.0804 e. The molecule has 18 heavy (non-hydrogen) atoms. The molecule has 1 unspecified atom stereocenters. The molecular formula is C13H14Br2N2O. The third kappa shape index (κ3) is 3.43. The Morgan fingerprint density at radius 2 is 2.17 bits per heavy atom. The standard InChI is InChI=1S/C13H14Br2N2O/c1-17-8-9(7-16-17)2-5-13(18)11-4-3-10(14)6-12(11)15/h3-4,6-8,13,18H,2,5H2,1H3. The first kappa shape index (κ1) is 13.8. The van der Waals surface area contributed by atoms with Gasteiger partial charge in [-0.25, -0.2) is 0 Å². The second kappa shape index (κ2) is 5.99. The minimum atomic E-state index is -0.465. The van der Waals surface area contributed by atoms with Crippen LogP contribution in [0.25, 0.3) is 0 Å². The molecule has 0 saturated heterocycles. The first-order valence-corrected chi connectivity index (χ1v) is 7.25. The van der Waals surface area contributed by atoms with Gasteiger partial charge in [-0.3, -0.25) is 4.68 Å². The zero-order valence-corrected chi connectivity index (χ0v) is 13.1. The van der Waals surface area contributed by atoms with Crippen LogP contribution in [0.2, 0.25) is 0 Å². The molecule has 0 saturated carbocycles. The Morgan fingerprint density at radius 1 is 1.39 bits per heavy atom. The van der Waals surface area contributed by atoms with Gasteiger partial charge in [0.1, 0.15) is 0 Å². The summed E-state index contributed by atoms with van der Waals surface area (Å²) >= 11 is 6.87. The van der Waals surface area contributed by atoms with E-state index in [1.165, 1.54) is 0 Å². The van der Waals surface area contributed by atoms with Crippen LogP contribution in [0.3, 0.4) is 0 Å². The van der Waals surface area contributed by atoms with Crippen LogP contribution in [-0.4, -0.2) is 14.9 Å². The van der Waals surface area contributed by atoms with Crippen LogP contribution in [0, 0.1) is 0 Å². The van der Waals surface area contributed by atoms with Gasteiger partial charge in [0.25, 0.3) is 0 Å². The van der Waals surface area contributed by atoms with E-state index in [9.17, 15) is 5.11 Å². The van der Waals surface area contributed by atoms with E-state index in [-0.39, 0.29) is 0 Å². The van der Waals surface area contributed by atoms with Gasteiger partial charge in [0, 0.05) is 22.2 Å². The van der Waals surface area contributed by atoms with Crippen LogP contribution in [0.4, 0.5) is 0 Å². The van der Waals surface area contributed by atoms with Crippen molar-refractivity contribution in [1.29, 1.82) is 0 Å². The van der Waals surface area contributed by atoms with Gasteiger partial charge in [-0.15, -0.1) is 0 Å². The van der Waals surface area contributed by atoms with Crippen molar-refractivity contribution in [3.05, 3.63) is 50.7 Å². The fourth-order valence-electron chi connectivity index (χ4n) is 1.83. The minimum absolute atomic E-state index is 0.465. The van der Waals surface area contributed by atoms with E-state index < -0.39 is 6.10 Å². The molecule has 0 radical (unpaired) electrons. The average Bonchev–Trinajstić information content (AvgIpc) is 2.72. The number of aromatic nitrogens is 2. The lowest BCUT2D eigenvalue weighted by atomic mass is 10.0. The average molecular weight is 374 g/mol. The second-order valence-corrected chi connectivity index (χ2v) is 6.01. The summed E-state index contributed by atoms with van der Waals surface area (Å²) in [6.45, 7) is 0. The summed E-state index contributed by atoms with van der Waals surface area (Å²) in [5, 5.41) is 14.3. The number of aryl methyl sites for hydroxylation is 2. The monoisotopic (exact) mass is 372 g/mol. The molecule has 2 rings (SSSR count). The highest BCUT2D eigenvalue weighted by Crippen LogP contribution is 2.29. The molecule has 0 aliphatic heterocycles. The van der Waals surface area contributed by atoms with Gasteiger partial charge in [0.15, 0.2) is 0 Å². The molecule has 1 heterocycles. The molecule has 96 valence electrons. The minimum Gasteiger partial charge on any atom is -0.388 e. The highest BCUT2D eigenvalue weighted by molar-refractivity contribution is 9.11. The smallest absolute Gasteiger partial charge is 0.0804 e. The zero-order chi connectivity index (χ0) is 13.1. The normalized spacial score (nSPS) is 12.7. The van der Waals surface area contributed by atoms with Gasteiger partial charge in [-0.1, -0.05) is 37.9 Å². The van der Waals surface area contributed by atoms with Crippen molar-refractivity contribution in [3.8, 4) is 0 Å². The SMILES string of the molecule is Cn1cc(CCC(O)c2ccc(Br)cc2Br)cn1. The lowest BCUT2D eigenvalue weighted by molar-refractivity contribution is 0.167. The van der Waals surface area contributed by atoms with Gasteiger partial charge < -0.3 is 5.11 Å². The maximum atomic E-state index is 10.2. The van der Waals surface area contributed by atoms with Crippen molar-refractivity contribution in [1.82, 2.24) is 9.78 Å². The number of hydrogen-bond acceptors (Lipinski definition) is 2. The zero-order valence-electron chi connectivity index (χ0n) is 9.98. The summed E-state index contributed by atoms with van der Waals surface area (Å²) in [5.41, 5.74) is 2.06. The van der Waals surface area contributed by atoms with E-state index in [4.69, 9.17) is 0 Å². The molecule has 5 heteroatoms. The van der Waals surface area contributed by atoms with E-state index in [2.05, 4.69) is 37.0 Å². The number of hydrogen-bond donors (Lipinski definition) is 1. The predicted molar refractivity (Wildman–Crippen MR) is 78.3 cm³/mol. The first-order chi connectivity index (χ1) is 8.56. The summed E-state index contributed by atoms with van der Waals surface area (Å²) in [6.07, 6.45) is 4.85. The Morgan fingerprint density at radius 3 is 2.78 bits per heavy atom. The molecule has 0 aliphatic carbocycles. The Bertz CT molecular complexity index is 540. The van der Waals surface area contributed by atoms with Crippen LogP contribution in [0.15, 0.2) is 39.5 Å². The van der Waals surface area contributed by atoms with Crippen molar-refractivity contribution >= 4 is 31.9 Å². The maximum absolute atomic E-state index is 10.2.